The summed E-state index contributed by atoms with van der Waals surface area (Å²) >= 11 is 0. The molecule has 140 valence electrons. The smallest absolute Gasteiger partial charge is 0.247 e. The fourth-order valence-electron chi connectivity index (χ4n) is 2.43. The third kappa shape index (κ3) is 5.04. The molecule has 0 spiro atoms. The summed E-state index contributed by atoms with van der Waals surface area (Å²) in [6, 6.07) is 7.32. The third-order valence-electron chi connectivity index (χ3n) is 3.84. The number of rotatable bonds is 7. The molecular weight excluding hydrogens is 354 g/mol. The second-order valence-corrected chi connectivity index (χ2v) is 5.86. The molecule has 1 amide bonds. The minimum atomic E-state index is -0.262. The SMILES string of the molecule is C=NN(/C=C(\C)c1cccnc1)CC(=O)Nc1ccc(-c2cnccn2)cn1. The van der Waals surface area contributed by atoms with Crippen LogP contribution in [0.1, 0.15) is 12.5 Å². The molecule has 3 aromatic rings. The quantitative estimate of drug-likeness (QED) is 0.505. The van der Waals surface area contributed by atoms with Crippen molar-refractivity contribution >= 4 is 24.0 Å². The zero-order chi connectivity index (χ0) is 19.8. The highest BCUT2D eigenvalue weighted by Gasteiger charge is 2.09. The predicted octanol–water partition coefficient (Wildman–Crippen LogP) is 2.85. The van der Waals surface area contributed by atoms with Crippen LogP contribution in [-0.2, 0) is 4.79 Å². The van der Waals surface area contributed by atoms with E-state index in [1.54, 1.807) is 49.4 Å². The van der Waals surface area contributed by atoms with Crippen molar-refractivity contribution in [1.29, 1.82) is 0 Å². The van der Waals surface area contributed by atoms with E-state index in [1.165, 1.54) is 5.01 Å². The number of nitrogens with zero attached hydrogens (tertiary/aromatic N) is 6. The van der Waals surface area contributed by atoms with E-state index < -0.39 is 0 Å². The highest BCUT2D eigenvalue weighted by Crippen LogP contribution is 2.16. The summed E-state index contributed by atoms with van der Waals surface area (Å²) in [6.07, 6.45) is 11.7. The first-order valence-electron chi connectivity index (χ1n) is 8.50. The van der Waals surface area contributed by atoms with E-state index in [9.17, 15) is 4.79 Å². The van der Waals surface area contributed by atoms with Gasteiger partial charge >= 0.3 is 0 Å². The molecule has 3 rings (SSSR count). The molecule has 0 aliphatic heterocycles. The van der Waals surface area contributed by atoms with Crippen LogP contribution in [0.25, 0.3) is 16.8 Å². The molecule has 1 N–H and O–H groups in total. The number of pyridine rings is 2. The molecule has 0 saturated carbocycles. The van der Waals surface area contributed by atoms with E-state index in [1.807, 2.05) is 25.1 Å². The Balaban J connectivity index is 1.62. The Morgan fingerprint density at radius 2 is 2.00 bits per heavy atom. The Labute approximate surface area is 162 Å². The molecule has 0 unspecified atom stereocenters. The fourth-order valence-corrected chi connectivity index (χ4v) is 2.43. The molecule has 0 fully saturated rings. The van der Waals surface area contributed by atoms with Crippen LogP contribution >= 0.6 is 0 Å². The van der Waals surface area contributed by atoms with Gasteiger partial charge in [-0.15, -0.1) is 0 Å². The second kappa shape index (κ2) is 9.13. The topological polar surface area (TPSA) is 96.3 Å². The number of carbonyl (C=O) groups is 1. The molecule has 8 nitrogen and oxygen atoms in total. The molecule has 0 aliphatic rings. The minimum Gasteiger partial charge on any atom is -0.309 e. The van der Waals surface area contributed by atoms with Crippen molar-refractivity contribution in [1.82, 2.24) is 24.9 Å². The van der Waals surface area contributed by atoms with Crippen molar-refractivity contribution < 1.29 is 4.79 Å². The van der Waals surface area contributed by atoms with Crippen molar-refractivity contribution in [2.75, 3.05) is 11.9 Å². The van der Waals surface area contributed by atoms with Crippen LogP contribution in [0.5, 0.6) is 0 Å². The van der Waals surface area contributed by atoms with Crippen LogP contribution in [0.15, 0.2) is 72.7 Å². The lowest BCUT2D eigenvalue weighted by molar-refractivity contribution is -0.116. The van der Waals surface area contributed by atoms with E-state index in [4.69, 9.17) is 0 Å². The van der Waals surface area contributed by atoms with Gasteiger partial charge in [-0.2, -0.15) is 5.10 Å². The van der Waals surface area contributed by atoms with E-state index in [-0.39, 0.29) is 12.5 Å². The minimum absolute atomic E-state index is 0.00863. The Kier molecular flexibility index (Phi) is 6.14. The molecule has 8 heteroatoms. The number of carbonyl (C=O) groups excluding carboxylic acids is 1. The van der Waals surface area contributed by atoms with Crippen LogP contribution in [-0.4, -0.2) is 44.1 Å². The molecular formula is C20H19N7O. The Morgan fingerprint density at radius 1 is 1.14 bits per heavy atom. The number of aromatic nitrogens is 4. The zero-order valence-corrected chi connectivity index (χ0v) is 15.4. The van der Waals surface area contributed by atoms with Crippen molar-refractivity contribution in [3.8, 4) is 11.3 Å². The first-order valence-corrected chi connectivity index (χ1v) is 8.50. The lowest BCUT2D eigenvalue weighted by atomic mass is 10.1. The standard InChI is InChI=1S/C20H19N7O/c1-15(16-4-3-7-22-10-16)13-27(21-2)14-20(28)26-19-6-5-17(11-25-19)18-12-23-8-9-24-18/h3-13H,2,14H2,1H3,(H,25,26,28)/b15-13+. The average molecular weight is 373 g/mol. The second-order valence-electron chi connectivity index (χ2n) is 5.86. The molecule has 0 saturated heterocycles. The van der Waals surface area contributed by atoms with Crippen molar-refractivity contribution in [2.45, 2.75) is 6.92 Å². The third-order valence-corrected chi connectivity index (χ3v) is 3.84. The van der Waals surface area contributed by atoms with E-state index in [0.29, 0.717) is 11.5 Å². The van der Waals surface area contributed by atoms with Crippen LogP contribution in [0.4, 0.5) is 5.82 Å². The van der Waals surface area contributed by atoms with Gasteiger partial charge in [-0.1, -0.05) is 6.07 Å². The number of hydrogen-bond donors (Lipinski definition) is 1. The molecule has 0 bridgehead atoms. The summed E-state index contributed by atoms with van der Waals surface area (Å²) in [5, 5.41) is 8.08. The summed E-state index contributed by atoms with van der Waals surface area (Å²) in [5.74, 6) is 0.178. The largest absolute Gasteiger partial charge is 0.309 e. The van der Waals surface area contributed by atoms with Crippen molar-refractivity contribution in [3.63, 3.8) is 0 Å². The van der Waals surface area contributed by atoms with Crippen LogP contribution in [0.2, 0.25) is 0 Å². The van der Waals surface area contributed by atoms with Gasteiger partial charge in [-0.05, 0) is 36.3 Å². The summed E-state index contributed by atoms with van der Waals surface area (Å²) < 4.78 is 0. The maximum Gasteiger partial charge on any atom is 0.247 e. The summed E-state index contributed by atoms with van der Waals surface area (Å²) in [4.78, 5) is 28.9. The summed E-state index contributed by atoms with van der Waals surface area (Å²) in [7, 11) is 0. The lowest BCUT2D eigenvalue weighted by Crippen LogP contribution is -2.26. The van der Waals surface area contributed by atoms with Gasteiger partial charge in [0.2, 0.25) is 5.91 Å². The van der Waals surface area contributed by atoms with Crippen LogP contribution in [0.3, 0.4) is 0 Å². The van der Waals surface area contributed by atoms with Gasteiger partial charge in [-0.3, -0.25) is 24.8 Å². The van der Waals surface area contributed by atoms with Crippen LogP contribution in [0, 0.1) is 0 Å². The van der Waals surface area contributed by atoms with E-state index >= 15 is 0 Å². The molecule has 28 heavy (non-hydrogen) atoms. The van der Waals surface area contributed by atoms with Gasteiger partial charge in [-0.25, -0.2) is 4.98 Å². The van der Waals surface area contributed by atoms with Gasteiger partial charge in [0.25, 0.3) is 0 Å². The van der Waals surface area contributed by atoms with Crippen molar-refractivity contribution in [2.24, 2.45) is 5.10 Å². The van der Waals surface area contributed by atoms with E-state index in [0.717, 1.165) is 16.7 Å². The summed E-state index contributed by atoms with van der Waals surface area (Å²) in [6.45, 7) is 5.45. The molecule has 3 heterocycles. The monoisotopic (exact) mass is 373 g/mol. The number of anilines is 1. The van der Waals surface area contributed by atoms with Crippen molar-refractivity contribution in [3.05, 3.63) is 73.2 Å². The fraction of sp³-hybridized carbons (Fsp3) is 0.100. The number of allylic oxidation sites excluding steroid dienone is 1. The van der Waals surface area contributed by atoms with Gasteiger partial charge in [0.1, 0.15) is 12.4 Å². The molecule has 0 aliphatic carbocycles. The lowest BCUT2D eigenvalue weighted by Gasteiger charge is -2.15. The highest BCUT2D eigenvalue weighted by molar-refractivity contribution is 5.91. The number of amides is 1. The molecule has 0 radical (unpaired) electrons. The normalized spacial score (nSPS) is 11.0. The van der Waals surface area contributed by atoms with Crippen LogP contribution < -0.4 is 5.32 Å². The first kappa shape index (κ1) is 18.8. The number of nitrogens with one attached hydrogen (secondary N) is 1. The number of hydrazone groups is 1. The van der Waals surface area contributed by atoms with Gasteiger partial charge in [0.15, 0.2) is 0 Å². The predicted molar refractivity (Wildman–Crippen MR) is 108 cm³/mol. The molecule has 0 atom stereocenters. The Hall–Kier alpha value is -3.94. The summed E-state index contributed by atoms with van der Waals surface area (Å²) in [5.41, 5.74) is 3.39. The Bertz CT molecular complexity index is 957. The highest BCUT2D eigenvalue weighted by atomic mass is 16.2. The Morgan fingerprint density at radius 3 is 2.64 bits per heavy atom. The average Bonchev–Trinajstić information content (AvgIpc) is 2.75. The zero-order valence-electron chi connectivity index (χ0n) is 15.4. The van der Waals surface area contributed by atoms with Gasteiger partial charge < -0.3 is 5.32 Å². The molecule has 0 aromatic carbocycles. The number of hydrogen-bond acceptors (Lipinski definition) is 7. The molecule has 3 aromatic heterocycles. The van der Waals surface area contributed by atoms with Gasteiger partial charge in [0, 0.05) is 49.5 Å². The first-order chi connectivity index (χ1) is 13.7. The van der Waals surface area contributed by atoms with Gasteiger partial charge in [0.05, 0.1) is 11.9 Å². The maximum atomic E-state index is 12.3. The van der Waals surface area contributed by atoms with E-state index in [2.05, 4.69) is 37.1 Å². The maximum absolute atomic E-state index is 12.3.